The molecule has 58 valence electrons. The molecule has 2 nitrogen and oxygen atoms in total. The molecule has 1 saturated heterocycles. The van der Waals surface area contributed by atoms with E-state index in [0.29, 0.717) is 0 Å². The number of rotatable bonds is 1. The molecule has 0 N–H and O–H groups in total. The van der Waals surface area contributed by atoms with Crippen molar-refractivity contribution in [2.75, 3.05) is 20.1 Å². The summed E-state index contributed by atoms with van der Waals surface area (Å²) in [5.41, 5.74) is 0. The number of piperidine rings is 1. The Bertz CT molecular complexity index is 129. The van der Waals surface area contributed by atoms with E-state index in [-0.39, 0.29) is 0 Å². The number of hydrogen-bond donors (Lipinski definition) is 0. The van der Waals surface area contributed by atoms with Gasteiger partial charge in [-0.1, -0.05) is 0 Å². The molecule has 0 aliphatic carbocycles. The lowest BCUT2D eigenvalue weighted by Gasteiger charge is -2.25. The van der Waals surface area contributed by atoms with Gasteiger partial charge in [0.2, 0.25) is 0 Å². The van der Waals surface area contributed by atoms with Crippen LogP contribution in [0, 0.1) is 0 Å². The van der Waals surface area contributed by atoms with Gasteiger partial charge >= 0.3 is 0 Å². The van der Waals surface area contributed by atoms with E-state index < -0.39 is 0 Å². The second kappa shape index (κ2) is 3.59. The van der Waals surface area contributed by atoms with Crippen LogP contribution in [0.15, 0.2) is 4.99 Å². The maximum Gasteiger partial charge on any atom is 0.0986 e. The Hall–Kier alpha value is -0.530. The molecule has 10 heavy (non-hydrogen) atoms. The van der Waals surface area contributed by atoms with Crippen LogP contribution >= 0.6 is 0 Å². The third-order valence-electron chi connectivity index (χ3n) is 1.93. The van der Waals surface area contributed by atoms with Crippen LogP contribution in [0.4, 0.5) is 0 Å². The second-order valence-electron chi connectivity index (χ2n) is 2.77. The molecule has 1 rings (SSSR count). The number of hydrogen-bond acceptors (Lipinski definition) is 1. The minimum atomic E-state index is 0.930. The Balaban J connectivity index is 2.47. The Morgan fingerprint density at radius 1 is 1.50 bits per heavy atom. The third kappa shape index (κ3) is 1.72. The summed E-state index contributed by atoms with van der Waals surface area (Å²) < 4.78 is 0. The normalized spacial score (nSPS) is 23.8. The van der Waals surface area contributed by atoms with E-state index in [0.717, 1.165) is 6.54 Å². The average molecular weight is 140 g/mol. The predicted molar refractivity (Wildman–Crippen MR) is 44.5 cm³/mol. The van der Waals surface area contributed by atoms with Crippen LogP contribution in [0.25, 0.3) is 0 Å². The monoisotopic (exact) mass is 140 g/mol. The summed E-state index contributed by atoms with van der Waals surface area (Å²) in [5, 5.41) is 0. The van der Waals surface area contributed by atoms with E-state index in [1.807, 2.05) is 0 Å². The maximum absolute atomic E-state index is 4.41. The molecular weight excluding hydrogens is 124 g/mol. The Labute approximate surface area is 62.9 Å². The summed E-state index contributed by atoms with van der Waals surface area (Å²) in [7, 11) is 2.13. The number of amidine groups is 1. The summed E-state index contributed by atoms with van der Waals surface area (Å²) in [6.45, 7) is 4.22. The summed E-state index contributed by atoms with van der Waals surface area (Å²) >= 11 is 0. The van der Waals surface area contributed by atoms with Crippen molar-refractivity contribution in [2.45, 2.75) is 26.2 Å². The molecule has 2 heteroatoms. The lowest BCUT2D eigenvalue weighted by molar-refractivity contribution is 0.432. The van der Waals surface area contributed by atoms with Gasteiger partial charge in [-0.05, 0) is 19.8 Å². The van der Waals surface area contributed by atoms with Gasteiger partial charge in [-0.25, -0.2) is 0 Å². The number of nitrogens with zero attached hydrogens (tertiary/aromatic N) is 2. The molecule has 0 spiro atoms. The quantitative estimate of drug-likeness (QED) is 0.539. The van der Waals surface area contributed by atoms with Crippen molar-refractivity contribution in [1.82, 2.24) is 4.90 Å². The average Bonchev–Trinajstić information content (AvgIpc) is 1.94. The van der Waals surface area contributed by atoms with Gasteiger partial charge in [0.25, 0.3) is 0 Å². The smallest absolute Gasteiger partial charge is 0.0986 e. The molecule has 0 aromatic carbocycles. The van der Waals surface area contributed by atoms with E-state index in [9.17, 15) is 0 Å². The van der Waals surface area contributed by atoms with Gasteiger partial charge in [0, 0.05) is 26.6 Å². The van der Waals surface area contributed by atoms with Gasteiger partial charge in [0.15, 0.2) is 0 Å². The lowest BCUT2D eigenvalue weighted by Crippen LogP contribution is -2.31. The number of likely N-dealkylation sites (tertiary alicyclic amines) is 1. The fraction of sp³-hybridized carbons (Fsp3) is 0.875. The van der Waals surface area contributed by atoms with Crippen molar-refractivity contribution in [3.63, 3.8) is 0 Å². The van der Waals surface area contributed by atoms with E-state index in [2.05, 4.69) is 23.9 Å². The molecule has 0 saturated carbocycles. The summed E-state index contributed by atoms with van der Waals surface area (Å²) in [6, 6.07) is 0. The topological polar surface area (TPSA) is 15.6 Å². The van der Waals surface area contributed by atoms with Gasteiger partial charge in [0.1, 0.15) is 0 Å². The van der Waals surface area contributed by atoms with Gasteiger partial charge in [-0.3, -0.25) is 4.99 Å². The molecule has 1 aliphatic rings. The first-order valence-electron chi connectivity index (χ1n) is 4.09. The van der Waals surface area contributed by atoms with Crippen LogP contribution in [0.1, 0.15) is 26.2 Å². The molecule has 0 radical (unpaired) electrons. The van der Waals surface area contributed by atoms with Crippen molar-refractivity contribution >= 4 is 5.84 Å². The highest BCUT2D eigenvalue weighted by molar-refractivity contribution is 5.82. The highest BCUT2D eigenvalue weighted by Gasteiger charge is 2.10. The minimum Gasteiger partial charge on any atom is -0.363 e. The first-order chi connectivity index (χ1) is 4.84. The van der Waals surface area contributed by atoms with Crippen LogP contribution in [-0.2, 0) is 0 Å². The van der Waals surface area contributed by atoms with Crippen LogP contribution in [0.2, 0.25) is 0 Å². The molecule has 1 aliphatic heterocycles. The molecule has 1 heterocycles. The maximum atomic E-state index is 4.41. The third-order valence-corrected chi connectivity index (χ3v) is 1.93. The highest BCUT2D eigenvalue weighted by atomic mass is 15.2. The minimum absolute atomic E-state index is 0.930. The lowest BCUT2D eigenvalue weighted by atomic mass is 10.1. The van der Waals surface area contributed by atoms with Gasteiger partial charge < -0.3 is 4.90 Å². The summed E-state index contributed by atoms with van der Waals surface area (Å²) in [6.07, 6.45) is 3.84. The molecule has 0 amide bonds. The predicted octanol–water partition coefficient (Wildman–Crippen LogP) is 1.52. The van der Waals surface area contributed by atoms with E-state index >= 15 is 0 Å². The fourth-order valence-corrected chi connectivity index (χ4v) is 1.33. The Kier molecular flexibility index (Phi) is 2.72. The number of aliphatic imine (C=N–C) groups is 1. The molecule has 0 bridgehead atoms. The highest BCUT2D eigenvalue weighted by Crippen LogP contribution is 2.09. The molecule has 0 aromatic heterocycles. The van der Waals surface area contributed by atoms with Crippen molar-refractivity contribution in [3.05, 3.63) is 0 Å². The molecule has 0 unspecified atom stereocenters. The van der Waals surface area contributed by atoms with Crippen molar-refractivity contribution in [3.8, 4) is 0 Å². The first kappa shape index (κ1) is 7.58. The standard InChI is InChI=1S/C8H16N2/c1-3-9-8-6-4-5-7-10(8)2/h3-7H2,1-2H3/b9-8+. The summed E-state index contributed by atoms with van der Waals surface area (Å²) in [5.74, 6) is 1.30. The summed E-state index contributed by atoms with van der Waals surface area (Å²) in [4.78, 5) is 6.68. The molecule has 0 aromatic rings. The van der Waals surface area contributed by atoms with Crippen LogP contribution in [0.3, 0.4) is 0 Å². The van der Waals surface area contributed by atoms with Gasteiger partial charge in [-0.15, -0.1) is 0 Å². The van der Waals surface area contributed by atoms with Crippen LogP contribution in [-0.4, -0.2) is 30.9 Å². The van der Waals surface area contributed by atoms with Crippen molar-refractivity contribution < 1.29 is 0 Å². The van der Waals surface area contributed by atoms with Gasteiger partial charge in [-0.2, -0.15) is 0 Å². The Morgan fingerprint density at radius 3 is 2.90 bits per heavy atom. The largest absolute Gasteiger partial charge is 0.363 e. The fourth-order valence-electron chi connectivity index (χ4n) is 1.33. The molecule has 1 fully saturated rings. The van der Waals surface area contributed by atoms with Gasteiger partial charge in [0.05, 0.1) is 5.84 Å². The van der Waals surface area contributed by atoms with E-state index in [1.165, 1.54) is 31.6 Å². The molecule has 0 atom stereocenters. The van der Waals surface area contributed by atoms with Crippen molar-refractivity contribution in [2.24, 2.45) is 4.99 Å². The SMILES string of the molecule is CC/N=C1\CCCCN1C. The van der Waals surface area contributed by atoms with E-state index in [1.54, 1.807) is 0 Å². The van der Waals surface area contributed by atoms with E-state index in [4.69, 9.17) is 0 Å². The first-order valence-corrected chi connectivity index (χ1v) is 4.09. The van der Waals surface area contributed by atoms with Crippen LogP contribution in [0.5, 0.6) is 0 Å². The second-order valence-corrected chi connectivity index (χ2v) is 2.77. The molecular formula is C8H16N2. The zero-order valence-electron chi connectivity index (χ0n) is 6.93. The Morgan fingerprint density at radius 2 is 2.30 bits per heavy atom. The van der Waals surface area contributed by atoms with Crippen LogP contribution < -0.4 is 0 Å². The zero-order chi connectivity index (χ0) is 7.40. The van der Waals surface area contributed by atoms with Crippen molar-refractivity contribution in [1.29, 1.82) is 0 Å². The zero-order valence-corrected chi connectivity index (χ0v) is 6.93.